The Morgan fingerprint density at radius 1 is 0.722 bits per heavy atom. The van der Waals surface area contributed by atoms with Crippen molar-refractivity contribution in [3.05, 3.63) is 0 Å². The van der Waals surface area contributed by atoms with Gasteiger partial charge in [0.25, 0.3) is 0 Å². The van der Waals surface area contributed by atoms with Crippen LogP contribution in [-0.2, 0) is 0 Å². The van der Waals surface area contributed by atoms with Gasteiger partial charge in [0.15, 0.2) is 0 Å². The summed E-state index contributed by atoms with van der Waals surface area (Å²) in [5.41, 5.74) is 0. The van der Waals surface area contributed by atoms with Gasteiger partial charge in [-0.1, -0.05) is 20.8 Å². The highest BCUT2D eigenvalue weighted by Gasteiger charge is 2.17. The van der Waals surface area contributed by atoms with Gasteiger partial charge in [-0.3, -0.25) is 0 Å². The van der Waals surface area contributed by atoms with E-state index in [1.807, 2.05) is 23.6 Å². The van der Waals surface area contributed by atoms with Crippen molar-refractivity contribution in [3.63, 3.8) is 0 Å². The second-order valence-corrected chi connectivity index (χ2v) is 4.47. The summed E-state index contributed by atoms with van der Waals surface area (Å²) >= 11 is 0. The highest BCUT2D eigenvalue weighted by atomic mass is 16.2. The Morgan fingerprint density at radius 2 is 1.28 bits per heavy atom. The molecule has 0 spiro atoms. The quantitative estimate of drug-likeness (QED) is 0.634. The SMILES string of the molecule is CCCN(CCN(CC)CC)C(=O)N(CC)CC. The summed E-state index contributed by atoms with van der Waals surface area (Å²) in [6.45, 7) is 16.9. The van der Waals surface area contributed by atoms with Gasteiger partial charge in [-0.2, -0.15) is 0 Å². The van der Waals surface area contributed by atoms with Gasteiger partial charge in [0, 0.05) is 32.7 Å². The molecule has 0 rings (SSSR count). The van der Waals surface area contributed by atoms with Crippen LogP contribution < -0.4 is 0 Å². The number of urea groups is 1. The lowest BCUT2D eigenvalue weighted by atomic mass is 10.3. The number of likely N-dealkylation sites (N-methyl/N-ethyl adjacent to an activating group) is 1. The van der Waals surface area contributed by atoms with Crippen molar-refractivity contribution >= 4 is 6.03 Å². The van der Waals surface area contributed by atoms with Gasteiger partial charge in [0.05, 0.1) is 0 Å². The Balaban J connectivity index is 4.40. The molecule has 4 heteroatoms. The average molecular weight is 257 g/mol. The Morgan fingerprint density at radius 3 is 1.67 bits per heavy atom. The maximum absolute atomic E-state index is 12.3. The first-order valence-corrected chi connectivity index (χ1v) is 7.40. The van der Waals surface area contributed by atoms with Crippen molar-refractivity contribution in [1.82, 2.24) is 14.7 Å². The zero-order valence-corrected chi connectivity index (χ0v) is 12.9. The molecule has 0 aliphatic heterocycles. The molecule has 0 aliphatic rings. The van der Waals surface area contributed by atoms with Crippen LogP contribution in [0.1, 0.15) is 41.0 Å². The predicted octanol–water partition coefficient (Wildman–Crippen LogP) is 2.50. The molecule has 0 fully saturated rings. The average Bonchev–Trinajstić information content (AvgIpc) is 2.39. The standard InChI is InChI=1S/C14H31N3O/c1-6-11-17(13-12-15(7-2)8-3)14(18)16(9-4)10-5/h6-13H2,1-5H3. The van der Waals surface area contributed by atoms with Gasteiger partial charge in [-0.05, 0) is 33.4 Å². The number of rotatable bonds is 9. The smallest absolute Gasteiger partial charge is 0.320 e. The first-order chi connectivity index (χ1) is 8.64. The van der Waals surface area contributed by atoms with Crippen molar-refractivity contribution < 1.29 is 4.79 Å². The van der Waals surface area contributed by atoms with Crippen molar-refractivity contribution in [2.24, 2.45) is 0 Å². The summed E-state index contributed by atoms with van der Waals surface area (Å²) in [5.74, 6) is 0. The maximum atomic E-state index is 12.3. The Bertz CT molecular complexity index is 213. The van der Waals surface area contributed by atoms with Crippen LogP contribution in [0.25, 0.3) is 0 Å². The molecule has 0 saturated carbocycles. The monoisotopic (exact) mass is 257 g/mol. The van der Waals surface area contributed by atoms with E-state index in [1.165, 1.54) is 0 Å². The fraction of sp³-hybridized carbons (Fsp3) is 0.929. The van der Waals surface area contributed by atoms with E-state index < -0.39 is 0 Å². The summed E-state index contributed by atoms with van der Waals surface area (Å²) in [7, 11) is 0. The van der Waals surface area contributed by atoms with Crippen molar-refractivity contribution in [2.45, 2.75) is 41.0 Å². The molecule has 0 heterocycles. The third-order valence-electron chi connectivity index (χ3n) is 3.38. The highest BCUT2D eigenvalue weighted by Crippen LogP contribution is 2.01. The van der Waals surface area contributed by atoms with Crippen LogP contribution in [0.2, 0.25) is 0 Å². The molecule has 0 aromatic carbocycles. The van der Waals surface area contributed by atoms with Crippen LogP contribution in [-0.4, -0.2) is 66.5 Å². The fourth-order valence-electron chi connectivity index (χ4n) is 2.07. The molecule has 0 aromatic rings. The minimum Gasteiger partial charge on any atom is -0.325 e. The lowest BCUT2D eigenvalue weighted by Gasteiger charge is -2.31. The van der Waals surface area contributed by atoms with Crippen molar-refractivity contribution in [1.29, 1.82) is 0 Å². The van der Waals surface area contributed by atoms with Gasteiger partial charge in [-0.25, -0.2) is 4.79 Å². The Kier molecular flexibility index (Phi) is 9.74. The second-order valence-electron chi connectivity index (χ2n) is 4.47. The molecule has 0 N–H and O–H groups in total. The number of amides is 2. The summed E-state index contributed by atoms with van der Waals surface area (Å²) < 4.78 is 0. The molecular formula is C14H31N3O. The number of carbonyl (C=O) groups is 1. The van der Waals surface area contributed by atoms with E-state index in [0.717, 1.165) is 52.2 Å². The minimum absolute atomic E-state index is 0.189. The predicted molar refractivity (Wildman–Crippen MR) is 78.0 cm³/mol. The topological polar surface area (TPSA) is 26.8 Å². The molecule has 4 nitrogen and oxygen atoms in total. The molecule has 0 atom stereocenters. The molecule has 2 amide bonds. The lowest BCUT2D eigenvalue weighted by Crippen LogP contribution is -2.46. The van der Waals surface area contributed by atoms with Crippen LogP contribution in [0, 0.1) is 0 Å². The third kappa shape index (κ3) is 5.71. The van der Waals surface area contributed by atoms with Crippen LogP contribution in [0.15, 0.2) is 0 Å². The molecule has 0 aromatic heterocycles. The first kappa shape index (κ1) is 17.2. The zero-order valence-electron chi connectivity index (χ0n) is 12.9. The van der Waals surface area contributed by atoms with E-state index >= 15 is 0 Å². The van der Waals surface area contributed by atoms with Crippen molar-refractivity contribution in [2.75, 3.05) is 45.8 Å². The summed E-state index contributed by atoms with van der Waals surface area (Å²) in [6.07, 6.45) is 1.02. The van der Waals surface area contributed by atoms with E-state index in [0.29, 0.717) is 0 Å². The number of hydrogen-bond donors (Lipinski definition) is 0. The van der Waals surface area contributed by atoms with E-state index in [4.69, 9.17) is 0 Å². The van der Waals surface area contributed by atoms with E-state index in [1.54, 1.807) is 0 Å². The highest BCUT2D eigenvalue weighted by molar-refractivity contribution is 5.74. The third-order valence-corrected chi connectivity index (χ3v) is 3.38. The summed E-state index contributed by atoms with van der Waals surface area (Å²) in [4.78, 5) is 18.6. The van der Waals surface area contributed by atoms with Gasteiger partial charge >= 0.3 is 6.03 Å². The number of carbonyl (C=O) groups excluding carboxylic acids is 1. The summed E-state index contributed by atoms with van der Waals surface area (Å²) in [6, 6.07) is 0.189. The first-order valence-electron chi connectivity index (χ1n) is 7.40. The molecule has 0 aliphatic carbocycles. The molecule has 0 unspecified atom stereocenters. The fourth-order valence-corrected chi connectivity index (χ4v) is 2.07. The van der Waals surface area contributed by atoms with Gasteiger partial charge in [0.2, 0.25) is 0 Å². The van der Waals surface area contributed by atoms with E-state index in [9.17, 15) is 4.79 Å². The molecule has 0 radical (unpaired) electrons. The minimum atomic E-state index is 0.189. The van der Waals surface area contributed by atoms with Gasteiger partial charge < -0.3 is 14.7 Å². The second kappa shape index (κ2) is 10.2. The molecule has 18 heavy (non-hydrogen) atoms. The zero-order chi connectivity index (χ0) is 14.0. The lowest BCUT2D eigenvalue weighted by molar-refractivity contribution is 0.149. The van der Waals surface area contributed by atoms with E-state index in [-0.39, 0.29) is 6.03 Å². The molecular weight excluding hydrogens is 226 g/mol. The molecule has 108 valence electrons. The van der Waals surface area contributed by atoms with Crippen LogP contribution in [0.3, 0.4) is 0 Å². The van der Waals surface area contributed by atoms with Crippen LogP contribution in [0.5, 0.6) is 0 Å². The molecule has 0 bridgehead atoms. The molecule has 0 saturated heterocycles. The number of hydrogen-bond acceptors (Lipinski definition) is 2. The van der Waals surface area contributed by atoms with E-state index in [2.05, 4.69) is 25.7 Å². The van der Waals surface area contributed by atoms with Crippen LogP contribution >= 0.6 is 0 Å². The summed E-state index contributed by atoms with van der Waals surface area (Å²) in [5, 5.41) is 0. The normalized spacial score (nSPS) is 10.8. The number of nitrogens with zero attached hydrogens (tertiary/aromatic N) is 3. The Labute approximate surface area is 113 Å². The Hall–Kier alpha value is -0.770. The van der Waals surface area contributed by atoms with Crippen LogP contribution in [0.4, 0.5) is 4.79 Å². The van der Waals surface area contributed by atoms with Gasteiger partial charge in [0.1, 0.15) is 0 Å². The van der Waals surface area contributed by atoms with Crippen molar-refractivity contribution in [3.8, 4) is 0 Å². The maximum Gasteiger partial charge on any atom is 0.320 e. The largest absolute Gasteiger partial charge is 0.325 e. The van der Waals surface area contributed by atoms with Gasteiger partial charge in [-0.15, -0.1) is 0 Å².